The van der Waals surface area contributed by atoms with Gasteiger partial charge in [-0.2, -0.15) is 0 Å². The lowest BCUT2D eigenvalue weighted by Gasteiger charge is -2.31. The molecule has 1 heterocycles. The monoisotopic (exact) mass is 193 g/mol. The number of nitrogens with one attached hydrogen (secondary N) is 1. The van der Waals surface area contributed by atoms with Gasteiger partial charge in [-0.15, -0.1) is 0 Å². The van der Waals surface area contributed by atoms with Gasteiger partial charge < -0.3 is 15.2 Å². The molecule has 2 N–H and O–H groups in total. The zero-order valence-electron chi connectivity index (χ0n) is 8.02. The molecular weight excluding hydrogens is 178 g/mol. The van der Waals surface area contributed by atoms with Crippen LogP contribution < -0.4 is 5.32 Å². The van der Waals surface area contributed by atoms with Gasteiger partial charge >= 0.3 is 0 Å². The molecule has 3 nitrogen and oxygen atoms in total. The number of benzene rings is 1. The second-order valence-corrected chi connectivity index (χ2v) is 3.55. The zero-order chi connectivity index (χ0) is 9.80. The van der Waals surface area contributed by atoms with E-state index in [1.807, 2.05) is 30.3 Å². The van der Waals surface area contributed by atoms with Gasteiger partial charge in [-0.1, -0.05) is 30.3 Å². The van der Waals surface area contributed by atoms with Gasteiger partial charge in [0.2, 0.25) is 0 Å². The highest BCUT2D eigenvalue weighted by Gasteiger charge is 2.22. The summed E-state index contributed by atoms with van der Waals surface area (Å²) < 4.78 is 5.07. The summed E-state index contributed by atoms with van der Waals surface area (Å²) in [6.45, 7) is 1.63. The van der Waals surface area contributed by atoms with Crippen molar-refractivity contribution in [2.45, 2.75) is 12.1 Å². The Labute approximate surface area is 83.7 Å². The standard InChI is InChI=1S/C11H15NO2/c13-6-11(12-10-7-14-8-10)9-4-2-1-3-5-9/h1-5,10-13H,6-8H2/t11-/m0/s1. The Hall–Kier alpha value is -0.900. The molecule has 1 aliphatic rings. The maximum absolute atomic E-state index is 9.24. The molecule has 0 aromatic heterocycles. The minimum Gasteiger partial charge on any atom is -0.394 e. The molecule has 1 fully saturated rings. The van der Waals surface area contributed by atoms with Gasteiger partial charge in [-0.05, 0) is 5.56 Å². The third kappa shape index (κ3) is 2.12. The highest BCUT2D eigenvalue weighted by atomic mass is 16.5. The summed E-state index contributed by atoms with van der Waals surface area (Å²) in [5, 5.41) is 12.6. The third-order valence-corrected chi connectivity index (χ3v) is 2.46. The van der Waals surface area contributed by atoms with Crippen molar-refractivity contribution >= 4 is 0 Å². The molecule has 14 heavy (non-hydrogen) atoms. The maximum Gasteiger partial charge on any atom is 0.0643 e. The van der Waals surface area contributed by atoms with Gasteiger partial charge in [-0.3, -0.25) is 0 Å². The van der Waals surface area contributed by atoms with E-state index in [2.05, 4.69) is 5.32 Å². The minimum atomic E-state index is 0.0325. The second kappa shape index (κ2) is 4.55. The SMILES string of the molecule is OC[C@H](NC1COC1)c1ccccc1. The molecule has 2 rings (SSSR count). The van der Waals surface area contributed by atoms with Crippen molar-refractivity contribution in [3.8, 4) is 0 Å². The van der Waals surface area contributed by atoms with Gasteiger partial charge in [-0.25, -0.2) is 0 Å². The first kappa shape index (κ1) is 9.65. The van der Waals surface area contributed by atoms with Crippen LogP contribution in [0.2, 0.25) is 0 Å². The van der Waals surface area contributed by atoms with Crippen LogP contribution in [0, 0.1) is 0 Å². The maximum atomic E-state index is 9.24. The molecule has 1 aliphatic heterocycles. The van der Waals surface area contributed by atoms with Gasteiger partial charge in [0.15, 0.2) is 0 Å². The average molecular weight is 193 g/mol. The molecule has 3 heteroatoms. The van der Waals surface area contributed by atoms with Gasteiger partial charge in [0, 0.05) is 0 Å². The predicted molar refractivity (Wildman–Crippen MR) is 54.0 cm³/mol. The molecule has 1 atom stereocenters. The number of aliphatic hydroxyl groups is 1. The number of ether oxygens (including phenoxy) is 1. The van der Waals surface area contributed by atoms with E-state index in [0.717, 1.165) is 18.8 Å². The quantitative estimate of drug-likeness (QED) is 0.740. The van der Waals surface area contributed by atoms with Crippen LogP contribution in [0.4, 0.5) is 0 Å². The molecule has 1 aromatic rings. The van der Waals surface area contributed by atoms with Crippen LogP contribution in [-0.4, -0.2) is 31.0 Å². The first-order valence-electron chi connectivity index (χ1n) is 4.90. The summed E-state index contributed by atoms with van der Waals surface area (Å²) in [5.74, 6) is 0. The zero-order valence-corrected chi connectivity index (χ0v) is 8.02. The smallest absolute Gasteiger partial charge is 0.0643 e. The molecular formula is C11H15NO2. The number of aliphatic hydroxyl groups excluding tert-OH is 1. The summed E-state index contributed by atoms with van der Waals surface area (Å²) in [6, 6.07) is 10.4. The molecule has 76 valence electrons. The van der Waals surface area contributed by atoms with E-state index in [0.29, 0.717) is 6.04 Å². The minimum absolute atomic E-state index is 0.0325. The van der Waals surface area contributed by atoms with E-state index in [1.165, 1.54) is 0 Å². The van der Waals surface area contributed by atoms with Crippen LogP contribution in [0.15, 0.2) is 30.3 Å². The van der Waals surface area contributed by atoms with Crippen molar-refractivity contribution in [3.63, 3.8) is 0 Å². The molecule has 0 aliphatic carbocycles. The largest absolute Gasteiger partial charge is 0.394 e. The van der Waals surface area contributed by atoms with Crippen molar-refractivity contribution in [1.82, 2.24) is 5.32 Å². The van der Waals surface area contributed by atoms with Crippen molar-refractivity contribution < 1.29 is 9.84 Å². The lowest BCUT2D eigenvalue weighted by Crippen LogP contribution is -2.48. The topological polar surface area (TPSA) is 41.5 Å². The first-order valence-corrected chi connectivity index (χ1v) is 4.90. The molecule has 1 aromatic carbocycles. The molecule has 0 saturated carbocycles. The summed E-state index contributed by atoms with van der Waals surface area (Å²) in [7, 11) is 0. The highest BCUT2D eigenvalue weighted by molar-refractivity contribution is 5.19. The third-order valence-electron chi connectivity index (χ3n) is 2.46. The summed E-state index contributed by atoms with van der Waals surface area (Å²) in [4.78, 5) is 0. The van der Waals surface area contributed by atoms with E-state index in [9.17, 15) is 5.11 Å². The molecule has 0 spiro atoms. The first-order chi connectivity index (χ1) is 6.90. The molecule has 0 radical (unpaired) electrons. The van der Waals surface area contributed by atoms with Crippen LogP contribution in [0.1, 0.15) is 11.6 Å². The number of hydrogen-bond acceptors (Lipinski definition) is 3. The lowest BCUT2D eigenvalue weighted by molar-refractivity contribution is -0.0132. The average Bonchev–Trinajstić information content (AvgIpc) is 2.18. The van der Waals surface area contributed by atoms with E-state index >= 15 is 0 Å². The van der Waals surface area contributed by atoms with Gasteiger partial charge in [0.25, 0.3) is 0 Å². The Morgan fingerprint density at radius 1 is 1.36 bits per heavy atom. The summed E-state index contributed by atoms with van der Waals surface area (Å²) in [6.07, 6.45) is 0. The van der Waals surface area contributed by atoms with Crippen molar-refractivity contribution in [1.29, 1.82) is 0 Å². The summed E-state index contributed by atoms with van der Waals surface area (Å²) in [5.41, 5.74) is 1.13. The van der Waals surface area contributed by atoms with E-state index in [-0.39, 0.29) is 12.6 Å². The Kier molecular flexibility index (Phi) is 3.14. The second-order valence-electron chi connectivity index (χ2n) is 3.55. The van der Waals surface area contributed by atoms with Gasteiger partial charge in [0.05, 0.1) is 31.9 Å². The molecule has 0 unspecified atom stereocenters. The van der Waals surface area contributed by atoms with Crippen LogP contribution in [-0.2, 0) is 4.74 Å². The fraction of sp³-hybridized carbons (Fsp3) is 0.455. The Morgan fingerprint density at radius 2 is 2.07 bits per heavy atom. The Balaban J connectivity index is 1.98. The van der Waals surface area contributed by atoms with E-state index in [1.54, 1.807) is 0 Å². The Morgan fingerprint density at radius 3 is 2.57 bits per heavy atom. The highest BCUT2D eigenvalue weighted by Crippen LogP contribution is 2.14. The van der Waals surface area contributed by atoms with E-state index < -0.39 is 0 Å². The molecule has 0 bridgehead atoms. The predicted octanol–water partition coefficient (Wildman–Crippen LogP) is 0.708. The van der Waals surface area contributed by atoms with Crippen molar-refractivity contribution in [2.24, 2.45) is 0 Å². The van der Waals surface area contributed by atoms with E-state index in [4.69, 9.17) is 4.74 Å². The number of hydrogen-bond donors (Lipinski definition) is 2. The van der Waals surface area contributed by atoms with Crippen molar-refractivity contribution in [3.05, 3.63) is 35.9 Å². The van der Waals surface area contributed by atoms with Crippen LogP contribution >= 0.6 is 0 Å². The van der Waals surface area contributed by atoms with Crippen LogP contribution in [0.25, 0.3) is 0 Å². The normalized spacial score (nSPS) is 18.9. The Bertz CT molecular complexity index is 272. The molecule has 0 amide bonds. The fourth-order valence-electron chi connectivity index (χ4n) is 1.56. The molecule has 1 saturated heterocycles. The summed E-state index contributed by atoms with van der Waals surface area (Å²) >= 11 is 0. The van der Waals surface area contributed by atoms with Crippen LogP contribution in [0.3, 0.4) is 0 Å². The van der Waals surface area contributed by atoms with Gasteiger partial charge in [0.1, 0.15) is 0 Å². The fourth-order valence-corrected chi connectivity index (χ4v) is 1.56. The lowest BCUT2D eigenvalue weighted by atomic mass is 10.1. The number of rotatable bonds is 4. The van der Waals surface area contributed by atoms with Crippen molar-refractivity contribution in [2.75, 3.05) is 19.8 Å². The van der Waals surface area contributed by atoms with Crippen LogP contribution in [0.5, 0.6) is 0 Å².